The molecule has 2 aromatic carbocycles. The van der Waals surface area contributed by atoms with Crippen LogP contribution in [0.4, 0.5) is 0 Å². The molecule has 2 aromatic rings. The summed E-state index contributed by atoms with van der Waals surface area (Å²) in [5.41, 5.74) is 2.77. The van der Waals surface area contributed by atoms with Gasteiger partial charge < -0.3 is 14.9 Å². The molecule has 5 heteroatoms. The Bertz CT molecular complexity index is 1250. The minimum Gasteiger partial charge on any atom is -0.508 e. The van der Waals surface area contributed by atoms with E-state index >= 15 is 0 Å². The van der Waals surface area contributed by atoms with Crippen molar-refractivity contribution in [3.05, 3.63) is 58.7 Å². The highest BCUT2D eigenvalue weighted by atomic mass is 16.6. The lowest BCUT2D eigenvalue weighted by Crippen LogP contribution is -2.55. The minimum absolute atomic E-state index is 0.0438. The summed E-state index contributed by atoms with van der Waals surface area (Å²) in [6.45, 7) is 8.46. The zero-order chi connectivity index (χ0) is 27.8. The fourth-order valence-electron chi connectivity index (χ4n) is 9.70. The van der Waals surface area contributed by atoms with Gasteiger partial charge >= 0.3 is 11.9 Å². The number of phenolic OH excluding ortho intramolecular Hbond substituents is 2. The summed E-state index contributed by atoms with van der Waals surface area (Å²) in [5.74, 6) is -0.152. The average Bonchev–Trinajstić information content (AvgIpc) is 2.89. The lowest BCUT2D eigenvalue weighted by molar-refractivity contribution is -0.184. The van der Waals surface area contributed by atoms with E-state index in [2.05, 4.69) is 13.8 Å². The van der Waals surface area contributed by atoms with Crippen LogP contribution >= 0.6 is 0 Å². The van der Waals surface area contributed by atoms with Gasteiger partial charge in [-0.25, -0.2) is 0 Å². The van der Waals surface area contributed by atoms with Crippen LogP contribution in [-0.4, -0.2) is 22.2 Å². The number of esters is 2. The van der Waals surface area contributed by atoms with Crippen molar-refractivity contribution in [1.29, 1.82) is 0 Å². The molecule has 0 aromatic heterocycles. The van der Waals surface area contributed by atoms with E-state index in [0.717, 1.165) is 62.5 Å². The Balaban J connectivity index is 1.28. The van der Waals surface area contributed by atoms with Gasteiger partial charge in [-0.3, -0.25) is 9.59 Å². The predicted molar refractivity (Wildman–Crippen MR) is 150 cm³/mol. The van der Waals surface area contributed by atoms with Crippen LogP contribution in [0.5, 0.6) is 11.5 Å². The molecule has 5 nitrogen and oxygen atoms in total. The topological polar surface area (TPSA) is 83.8 Å². The molecule has 0 heterocycles. The van der Waals surface area contributed by atoms with E-state index in [-0.39, 0.29) is 46.1 Å². The maximum absolute atomic E-state index is 14.0. The first-order chi connectivity index (χ1) is 18.4. The highest BCUT2D eigenvalue weighted by Crippen LogP contribution is 2.60. The molecule has 2 N–H and O–H groups in total. The Morgan fingerprint density at radius 2 is 1.10 bits per heavy atom. The fourth-order valence-corrected chi connectivity index (χ4v) is 9.70. The van der Waals surface area contributed by atoms with Gasteiger partial charge in [0.1, 0.15) is 11.5 Å². The Labute approximate surface area is 232 Å². The molecule has 0 amide bonds. The lowest BCUT2D eigenvalue weighted by Gasteiger charge is -2.55. The van der Waals surface area contributed by atoms with Gasteiger partial charge in [0.25, 0.3) is 0 Å². The number of hydrogen-bond donors (Lipinski definition) is 2. The molecule has 39 heavy (non-hydrogen) atoms. The number of aryl methyl sites for hydroxylation is 2. The van der Waals surface area contributed by atoms with E-state index in [1.165, 1.54) is 11.1 Å². The third-order valence-corrected chi connectivity index (χ3v) is 11.8. The standard InChI is InChI=1S/C34H42O5/c1-31-15-5-17-33(3,27(31)13-9-21-7-11-23(35)19-25(21)31)29(37)39-30(38)34(4)18-6-16-32(2)26-20-24(36)12-8-22(26)10-14-28(32)34/h7-8,11-12,19-20,27-28,35-36H,5-6,9-10,13-18H2,1-4H3/t27-,28-,31-,32-,33+,34+/m1/s1. The number of rotatable bonds is 2. The lowest BCUT2D eigenvalue weighted by atomic mass is 9.49. The molecule has 6 atom stereocenters. The van der Waals surface area contributed by atoms with Crippen molar-refractivity contribution in [3.63, 3.8) is 0 Å². The van der Waals surface area contributed by atoms with Crippen molar-refractivity contribution in [2.75, 3.05) is 0 Å². The van der Waals surface area contributed by atoms with Gasteiger partial charge in [-0.15, -0.1) is 0 Å². The van der Waals surface area contributed by atoms with Gasteiger partial charge in [0.15, 0.2) is 0 Å². The minimum atomic E-state index is -0.759. The quantitative estimate of drug-likeness (QED) is 0.326. The van der Waals surface area contributed by atoms with Gasteiger partial charge in [-0.1, -0.05) is 38.8 Å². The number of carbonyl (C=O) groups is 2. The second-order valence-electron chi connectivity index (χ2n) is 13.9. The number of fused-ring (bicyclic) bond motifs is 6. The average molecular weight is 531 g/mol. The number of carbonyl (C=O) groups excluding carboxylic acids is 2. The van der Waals surface area contributed by atoms with Gasteiger partial charge in [0.05, 0.1) is 10.8 Å². The zero-order valence-corrected chi connectivity index (χ0v) is 23.8. The first kappa shape index (κ1) is 26.4. The Kier molecular flexibility index (Phi) is 5.99. The number of ether oxygens (including phenoxy) is 1. The summed E-state index contributed by atoms with van der Waals surface area (Å²) in [6, 6.07) is 11.3. The molecule has 0 unspecified atom stereocenters. The summed E-state index contributed by atoms with van der Waals surface area (Å²) in [5, 5.41) is 20.5. The summed E-state index contributed by atoms with van der Waals surface area (Å²) in [6.07, 6.45) is 8.52. The second-order valence-corrected chi connectivity index (χ2v) is 13.9. The maximum Gasteiger partial charge on any atom is 0.319 e. The van der Waals surface area contributed by atoms with Crippen LogP contribution in [0.25, 0.3) is 0 Å². The molecule has 208 valence electrons. The van der Waals surface area contributed by atoms with Crippen molar-refractivity contribution >= 4 is 11.9 Å². The van der Waals surface area contributed by atoms with E-state index < -0.39 is 10.8 Å². The van der Waals surface area contributed by atoms with E-state index in [1.807, 2.05) is 38.1 Å². The van der Waals surface area contributed by atoms with Crippen LogP contribution < -0.4 is 0 Å². The van der Waals surface area contributed by atoms with Crippen molar-refractivity contribution in [3.8, 4) is 11.5 Å². The first-order valence-corrected chi connectivity index (χ1v) is 14.8. The van der Waals surface area contributed by atoms with Crippen LogP contribution in [0.15, 0.2) is 36.4 Å². The summed E-state index contributed by atoms with van der Waals surface area (Å²) in [4.78, 5) is 28.1. The number of phenols is 2. The molecule has 0 radical (unpaired) electrons. The monoisotopic (exact) mass is 530 g/mol. The predicted octanol–water partition coefficient (Wildman–Crippen LogP) is 6.89. The largest absolute Gasteiger partial charge is 0.508 e. The molecule has 0 aliphatic heterocycles. The number of aromatic hydroxyl groups is 2. The summed E-state index contributed by atoms with van der Waals surface area (Å²) < 4.78 is 5.97. The van der Waals surface area contributed by atoms with Crippen LogP contribution in [-0.2, 0) is 38.0 Å². The number of hydrogen-bond acceptors (Lipinski definition) is 5. The van der Waals surface area contributed by atoms with Gasteiger partial charge in [0, 0.05) is 0 Å². The molecular formula is C34H42O5. The molecule has 0 bridgehead atoms. The van der Waals surface area contributed by atoms with E-state index in [4.69, 9.17) is 4.74 Å². The van der Waals surface area contributed by atoms with Crippen molar-refractivity contribution in [1.82, 2.24) is 0 Å². The van der Waals surface area contributed by atoms with E-state index in [0.29, 0.717) is 12.8 Å². The Morgan fingerprint density at radius 3 is 1.51 bits per heavy atom. The molecule has 2 fully saturated rings. The van der Waals surface area contributed by atoms with Crippen LogP contribution in [0, 0.1) is 22.7 Å². The van der Waals surface area contributed by atoms with Crippen LogP contribution in [0.2, 0.25) is 0 Å². The summed E-state index contributed by atoms with van der Waals surface area (Å²) >= 11 is 0. The molecule has 0 spiro atoms. The van der Waals surface area contributed by atoms with Crippen molar-refractivity contribution < 1.29 is 24.5 Å². The molecule has 0 saturated heterocycles. The second kappa shape index (κ2) is 8.84. The maximum atomic E-state index is 14.0. The van der Waals surface area contributed by atoms with E-state index in [1.54, 1.807) is 12.1 Å². The molecule has 2 saturated carbocycles. The fraction of sp³-hybridized carbons (Fsp3) is 0.588. The highest BCUT2D eigenvalue weighted by molar-refractivity contribution is 5.92. The van der Waals surface area contributed by atoms with Gasteiger partial charge in [0.2, 0.25) is 0 Å². The third kappa shape index (κ3) is 3.78. The van der Waals surface area contributed by atoms with Crippen LogP contribution in [0.3, 0.4) is 0 Å². The molecular weight excluding hydrogens is 488 g/mol. The number of benzene rings is 2. The smallest absolute Gasteiger partial charge is 0.319 e. The normalized spacial score (nSPS) is 37.0. The van der Waals surface area contributed by atoms with E-state index in [9.17, 15) is 19.8 Å². The van der Waals surface area contributed by atoms with Crippen molar-refractivity contribution in [2.45, 2.75) is 103 Å². The molecule has 6 rings (SSSR count). The van der Waals surface area contributed by atoms with Gasteiger partial charge in [-0.05, 0) is 134 Å². The van der Waals surface area contributed by atoms with Crippen LogP contribution in [0.1, 0.15) is 101 Å². The highest BCUT2D eigenvalue weighted by Gasteiger charge is 2.59. The summed E-state index contributed by atoms with van der Waals surface area (Å²) in [7, 11) is 0. The first-order valence-electron chi connectivity index (χ1n) is 14.8. The SMILES string of the molecule is C[C@]1(C(=O)OC(=O)[C@@]2(C)CCC[C@]3(C)c4cc(O)ccc4CC[C@@H]23)CCC[C@]2(C)c3cc(O)ccc3CC[C@@H]12. The molecule has 4 aliphatic rings. The van der Waals surface area contributed by atoms with Gasteiger partial charge in [-0.2, -0.15) is 0 Å². The molecule has 4 aliphatic carbocycles. The Morgan fingerprint density at radius 1 is 0.692 bits per heavy atom. The zero-order valence-electron chi connectivity index (χ0n) is 23.8. The van der Waals surface area contributed by atoms with Crippen molar-refractivity contribution in [2.24, 2.45) is 22.7 Å². The third-order valence-electron chi connectivity index (χ3n) is 11.8. The Hall–Kier alpha value is -2.82.